The van der Waals surface area contributed by atoms with E-state index in [9.17, 15) is 14.7 Å². The first-order chi connectivity index (χ1) is 30.1. The summed E-state index contributed by atoms with van der Waals surface area (Å²) in [4.78, 5) is 50.1. The molecule has 0 aliphatic carbocycles. The quantitative estimate of drug-likeness (QED) is 0.130. The molecule has 3 aliphatic rings. The summed E-state index contributed by atoms with van der Waals surface area (Å²) in [6.07, 6.45) is -0.689. The third-order valence-electron chi connectivity index (χ3n) is 13.0. The van der Waals surface area contributed by atoms with Crippen molar-refractivity contribution in [1.29, 1.82) is 0 Å². The Bertz CT molecular complexity index is 2640. The van der Waals surface area contributed by atoms with Crippen LogP contribution in [-0.4, -0.2) is 62.2 Å². The Balaban J connectivity index is 1.21. The molecular weight excluding hydrogens is 795 g/mol. The lowest BCUT2D eigenvalue weighted by Crippen LogP contribution is -2.52. The summed E-state index contributed by atoms with van der Waals surface area (Å²) in [6, 6.07) is 47.7. The maximum atomic E-state index is 15.7. The second-order valence-electron chi connectivity index (χ2n) is 16.8. The molecule has 11 heteroatoms. The fourth-order valence-corrected chi connectivity index (χ4v) is 14.0. The number of amides is 3. The molecule has 0 bridgehead atoms. The van der Waals surface area contributed by atoms with Crippen molar-refractivity contribution in [3.8, 4) is 17.2 Å². The Labute approximate surface area is 362 Å². The molecule has 0 saturated carbocycles. The number of carbonyl (C=O) groups excluding carboxylic acids is 3. The highest BCUT2D eigenvalue weighted by molar-refractivity contribution is 6.91. The van der Waals surface area contributed by atoms with Crippen molar-refractivity contribution in [3.05, 3.63) is 168 Å². The van der Waals surface area contributed by atoms with E-state index in [1.807, 2.05) is 127 Å². The van der Waals surface area contributed by atoms with E-state index in [4.69, 9.17) is 14.2 Å². The van der Waals surface area contributed by atoms with Crippen molar-refractivity contribution in [2.24, 2.45) is 5.92 Å². The maximum absolute atomic E-state index is 15.7. The number of para-hydroxylation sites is 4. The van der Waals surface area contributed by atoms with Gasteiger partial charge in [0.25, 0.3) is 11.8 Å². The minimum absolute atomic E-state index is 0.00404. The summed E-state index contributed by atoms with van der Waals surface area (Å²) >= 11 is 0. The number of methoxy groups -OCH3 is 1. The molecule has 1 saturated heterocycles. The standard InChI is InChI=1S/C51H49N3O7Si/c1-34-48(62(3,4)39-26-24-38(59-2)25-27-39)46(32-47(56)52(29-30-55)33-35-15-7-5-8-16-35)61-51(34)41-31-37(23-28-42(41)54(50(51)58)36-17-9-6-10-18-36)53-43-20-12-14-22-45(43)60-44-21-13-11-19-40(44)49(53)57/h5-28,31,34,46,48,55H,29-30,32-33H2,1-4H3/t34-,46+,48-,51+/m0/s1. The molecule has 62 heavy (non-hydrogen) atoms. The van der Waals surface area contributed by atoms with Crippen LogP contribution < -0.4 is 24.5 Å². The van der Waals surface area contributed by atoms with Crippen LogP contribution in [0.1, 0.15) is 34.8 Å². The van der Waals surface area contributed by atoms with E-state index in [0.717, 1.165) is 16.5 Å². The highest BCUT2D eigenvalue weighted by Crippen LogP contribution is 2.62. The number of fused-ring (bicyclic) bond motifs is 4. The van der Waals surface area contributed by atoms with Crippen molar-refractivity contribution in [1.82, 2.24) is 4.90 Å². The van der Waals surface area contributed by atoms with Crippen LogP contribution in [0.2, 0.25) is 18.6 Å². The molecular formula is C51H49N3O7Si. The normalized spacial score (nSPS) is 20.3. The van der Waals surface area contributed by atoms with Gasteiger partial charge < -0.3 is 24.2 Å². The summed E-state index contributed by atoms with van der Waals surface area (Å²) in [5, 5.41) is 11.3. The van der Waals surface area contributed by atoms with Crippen molar-refractivity contribution >= 4 is 53.7 Å². The van der Waals surface area contributed by atoms with Crippen LogP contribution in [0.3, 0.4) is 0 Å². The number of nitrogens with zero attached hydrogens (tertiary/aromatic N) is 3. The highest BCUT2D eigenvalue weighted by atomic mass is 28.3. The summed E-state index contributed by atoms with van der Waals surface area (Å²) in [7, 11) is -1.01. The number of hydrogen-bond acceptors (Lipinski definition) is 7. The molecule has 3 aliphatic heterocycles. The van der Waals surface area contributed by atoms with Gasteiger partial charge in [-0.1, -0.05) is 110 Å². The van der Waals surface area contributed by atoms with E-state index >= 15 is 4.79 Å². The zero-order chi connectivity index (χ0) is 43.2. The molecule has 3 heterocycles. The molecule has 3 amide bonds. The predicted octanol–water partition coefficient (Wildman–Crippen LogP) is 9.08. The maximum Gasteiger partial charge on any atom is 0.268 e. The zero-order valence-electron chi connectivity index (χ0n) is 35.2. The molecule has 6 aromatic rings. The van der Waals surface area contributed by atoms with E-state index in [0.29, 0.717) is 51.9 Å². The fourth-order valence-electron chi connectivity index (χ4n) is 9.98. The molecule has 9 rings (SSSR count). The van der Waals surface area contributed by atoms with Crippen molar-refractivity contribution in [2.45, 2.75) is 50.2 Å². The van der Waals surface area contributed by atoms with Gasteiger partial charge in [-0.2, -0.15) is 0 Å². The number of ether oxygens (including phenoxy) is 3. The number of benzene rings is 6. The Kier molecular flexibility index (Phi) is 10.8. The van der Waals surface area contributed by atoms with Gasteiger partial charge in [-0.05, 0) is 77.8 Å². The molecule has 0 radical (unpaired) electrons. The molecule has 1 fully saturated rings. The predicted molar refractivity (Wildman–Crippen MR) is 243 cm³/mol. The van der Waals surface area contributed by atoms with Gasteiger partial charge >= 0.3 is 0 Å². The minimum atomic E-state index is -2.65. The third-order valence-corrected chi connectivity index (χ3v) is 17.3. The fraction of sp³-hybridized carbons (Fsp3) is 0.235. The Hall–Kier alpha value is -6.53. The molecule has 6 aromatic carbocycles. The first-order valence-corrected chi connectivity index (χ1v) is 24.1. The summed E-state index contributed by atoms with van der Waals surface area (Å²) < 4.78 is 19.3. The number of anilines is 4. The molecule has 1 spiro atoms. The van der Waals surface area contributed by atoms with Gasteiger partial charge in [0, 0.05) is 35.9 Å². The van der Waals surface area contributed by atoms with Crippen LogP contribution >= 0.6 is 0 Å². The zero-order valence-corrected chi connectivity index (χ0v) is 36.2. The van der Waals surface area contributed by atoms with E-state index in [-0.39, 0.29) is 42.8 Å². The van der Waals surface area contributed by atoms with Crippen LogP contribution in [0.15, 0.2) is 152 Å². The lowest BCUT2D eigenvalue weighted by molar-refractivity contribution is -0.149. The largest absolute Gasteiger partial charge is 0.497 e. The number of rotatable bonds is 11. The van der Waals surface area contributed by atoms with Gasteiger partial charge in [0.1, 0.15) is 11.5 Å². The average Bonchev–Trinajstić information content (AvgIpc) is 3.68. The van der Waals surface area contributed by atoms with Crippen molar-refractivity contribution in [2.75, 3.05) is 30.1 Å². The van der Waals surface area contributed by atoms with Crippen molar-refractivity contribution < 1.29 is 33.7 Å². The molecule has 0 unspecified atom stereocenters. The second kappa shape index (κ2) is 16.4. The number of aliphatic hydroxyl groups excluding tert-OH is 1. The number of aliphatic hydroxyl groups is 1. The topological polar surface area (TPSA) is 109 Å². The van der Waals surface area contributed by atoms with Crippen LogP contribution in [-0.2, 0) is 26.5 Å². The summed E-state index contributed by atoms with van der Waals surface area (Å²) in [5.74, 6) is 0.564. The number of hydrogen-bond donors (Lipinski definition) is 1. The Morgan fingerprint density at radius 1 is 0.774 bits per heavy atom. The van der Waals surface area contributed by atoms with Gasteiger partial charge in [0.2, 0.25) is 5.91 Å². The molecule has 10 nitrogen and oxygen atoms in total. The lowest BCUT2D eigenvalue weighted by atomic mass is 9.82. The van der Waals surface area contributed by atoms with Crippen LogP contribution in [0, 0.1) is 5.92 Å². The van der Waals surface area contributed by atoms with E-state index in [1.54, 1.807) is 33.9 Å². The Morgan fingerprint density at radius 2 is 1.44 bits per heavy atom. The Morgan fingerprint density at radius 3 is 2.15 bits per heavy atom. The smallest absolute Gasteiger partial charge is 0.268 e. The van der Waals surface area contributed by atoms with Gasteiger partial charge in [-0.25, -0.2) is 0 Å². The van der Waals surface area contributed by atoms with Crippen molar-refractivity contribution in [3.63, 3.8) is 0 Å². The monoisotopic (exact) mass is 843 g/mol. The van der Waals surface area contributed by atoms with Gasteiger partial charge in [-0.3, -0.25) is 24.2 Å². The van der Waals surface area contributed by atoms with E-state index < -0.39 is 25.7 Å². The minimum Gasteiger partial charge on any atom is -0.497 e. The van der Waals surface area contributed by atoms with Gasteiger partial charge in [0.15, 0.2) is 11.4 Å². The molecule has 314 valence electrons. The molecule has 4 atom stereocenters. The van der Waals surface area contributed by atoms with Crippen LogP contribution in [0.5, 0.6) is 17.2 Å². The molecule has 0 aromatic heterocycles. The van der Waals surface area contributed by atoms with Crippen LogP contribution in [0.25, 0.3) is 0 Å². The van der Waals surface area contributed by atoms with E-state index in [1.165, 1.54) is 0 Å². The van der Waals surface area contributed by atoms with Gasteiger partial charge in [-0.15, -0.1) is 0 Å². The second-order valence-corrected chi connectivity index (χ2v) is 21.5. The average molecular weight is 844 g/mol. The first-order valence-electron chi connectivity index (χ1n) is 21.1. The first kappa shape index (κ1) is 40.9. The van der Waals surface area contributed by atoms with Gasteiger partial charge in [0.05, 0.1) is 51.3 Å². The SMILES string of the molecule is COc1ccc([Si](C)(C)[C@@H]2[C@@H](CC(=O)N(CCO)Cc3ccccc3)O[C@]3(C(=O)N(c4ccccc4)c4ccc(N5C(=O)c6ccccc6Oc6ccccc65)cc43)[C@H]2C)cc1. The highest BCUT2D eigenvalue weighted by Gasteiger charge is 2.67. The summed E-state index contributed by atoms with van der Waals surface area (Å²) in [6.45, 7) is 6.91. The van der Waals surface area contributed by atoms with E-state index in [2.05, 4.69) is 32.2 Å². The summed E-state index contributed by atoms with van der Waals surface area (Å²) in [5.41, 5.74) is 2.60. The van der Waals surface area contributed by atoms with Crippen LogP contribution in [0.4, 0.5) is 22.7 Å². The lowest BCUT2D eigenvalue weighted by Gasteiger charge is -2.37. The number of carbonyl (C=O) groups is 3. The third kappa shape index (κ3) is 6.86. The molecule has 1 N–H and O–H groups in total.